The Morgan fingerprint density at radius 2 is 2.12 bits per heavy atom. The molecule has 1 atom stereocenters. The van der Waals surface area contributed by atoms with Crippen molar-refractivity contribution in [3.8, 4) is 5.75 Å². The van der Waals surface area contributed by atoms with Crippen molar-refractivity contribution in [3.63, 3.8) is 0 Å². The number of fused-ring (bicyclic) bond motifs is 1. The van der Waals surface area contributed by atoms with Crippen LogP contribution < -0.4 is 10.4 Å². The molecule has 17 heavy (non-hydrogen) atoms. The SMILES string of the molecule is O=c1ccc2c([C@@H](O)CNCl)ccc(O)c2[nH]1. The van der Waals surface area contributed by atoms with Gasteiger partial charge in [0.15, 0.2) is 0 Å². The number of aromatic hydroxyl groups is 1. The van der Waals surface area contributed by atoms with Gasteiger partial charge in [0.25, 0.3) is 0 Å². The second-order valence-corrected chi connectivity index (χ2v) is 3.91. The lowest BCUT2D eigenvalue weighted by Gasteiger charge is -2.13. The number of hydrogen-bond acceptors (Lipinski definition) is 4. The number of phenols is 1. The molecule has 0 radical (unpaired) electrons. The number of halogens is 1. The molecular weight excluding hydrogens is 244 g/mol. The molecule has 0 unspecified atom stereocenters. The third-order valence-electron chi connectivity index (χ3n) is 2.54. The van der Waals surface area contributed by atoms with E-state index in [9.17, 15) is 15.0 Å². The van der Waals surface area contributed by atoms with Gasteiger partial charge in [-0.2, -0.15) is 0 Å². The summed E-state index contributed by atoms with van der Waals surface area (Å²) in [6.45, 7) is 0.167. The Morgan fingerprint density at radius 3 is 2.82 bits per heavy atom. The van der Waals surface area contributed by atoms with E-state index in [1.165, 1.54) is 12.1 Å². The van der Waals surface area contributed by atoms with Crippen molar-refractivity contribution in [2.24, 2.45) is 0 Å². The van der Waals surface area contributed by atoms with Crippen LogP contribution in [0, 0.1) is 0 Å². The summed E-state index contributed by atoms with van der Waals surface area (Å²) in [5.41, 5.74) is 0.584. The Labute approximate surface area is 102 Å². The van der Waals surface area contributed by atoms with Crippen LogP contribution in [0.3, 0.4) is 0 Å². The van der Waals surface area contributed by atoms with Gasteiger partial charge in [-0.1, -0.05) is 6.07 Å². The van der Waals surface area contributed by atoms with Gasteiger partial charge in [-0.15, -0.1) is 0 Å². The first kappa shape index (κ1) is 11.9. The van der Waals surface area contributed by atoms with Crippen molar-refractivity contribution in [2.45, 2.75) is 6.10 Å². The molecule has 1 aromatic carbocycles. The fourth-order valence-corrected chi connectivity index (χ4v) is 1.88. The third-order valence-corrected chi connectivity index (χ3v) is 2.69. The van der Waals surface area contributed by atoms with Gasteiger partial charge >= 0.3 is 0 Å². The summed E-state index contributed by atoms with van der Waals surface area (Å²) in [4.78, 5) is 16.0. The largest absolute Gasteiger partial charge is 0.506 e. The molecule has 1 heterocycles. The van der Waals surface area contributed by atoms with Crippen molar-refractivity contribution in [1.82, 2.24) is 9.82 Å². The van der Waals surface area contributed by atoms with Crippen molar-refractivity contribution in [1.29, 1.82) is 0 Å². The number of benzene rings is 1. The molecule has 2 rings (SSSR count). The Morgan fingerprint density at radius 1 is 1.35 bits per heavy atom. The summed E-state index contributed by atoms with van der Waals surface area (Å²) in [5, 5.41) is 20.1. The lowest BCUT2D eigenvalue weighted by molar-refractivity contribution is 0.184. The molecule has 90 valence electrons. The van der Waals surface area contributed by atoms with Crippen LogP contribution in [-0.4, -0.2) is 21.7 Å². The van der Waals surface area contributed by atoms with E-state index in [1.54, 1.807) is 12.1 Å². The molecule has 0 saturated heterocycles. The summed E-state index contributed by atoms with van der Waals surface area (Å²) in [6.07, 6.45) is -0.818. The third kappa shape index (κ3) is 2.26. The molecule has 0 amide bonds. The minimum absolute atomic E-state index is 0.0347. The molecule has 0 fully saturated rings. The van der Waals surface area contributed by atoms with E-state index in [2.05, 4.69) is 9.82 Å². The monoisotopic (exact) mass is 254 g/mol. The number of aromatic amines is 1. The normalized spacial score (nSPS) is 12.8. The molecule has 1 aromatic heterocycles. The van der Waals surface area contributed by atoms with Crippen LogP contribution in [0.4, 0.5) is 0 Å². The summed E-state index contributed by atoms with van der Waals surface area (Å²) in [7, 11) is 0. The number of pyridine rings is 1. The number of phenolic OH excluding ortho intramolecular Hbond substituents is 1. The molecule has 0 aliphatic rings. The number of rotatable bonds is 3. The van der Waals surface area contributed by atoms with Gasteiger partial charge in [-0.25, -0.2) is 4.84 Å². The average Bonchev–Trinajstić information content (AvgIpc) is 2.30. The van der Waals surface area contributed by atoms with Gasteiger partial charge in [-0.05, 0) is 29.5 Å². The molecule has 0 aliphatic carbocycles. The van der Waals surface area contributed by atoms with Crippen LogP contribution in [0.2, 0.25) is 0 Å². The second-order valence-electron chi connectivity index (χ2n) is 3.64. The second kappa shape index (κ2) is 4.75. The molecule has 0 aliphatic heterocycles. The van der Waals surface area contributed by atoms with Crippen molar-refractivity contribution in [2.75, 3.05) is 6.54 Å². The van der Waals surface area contributed by atoms with Crippen LogP contribution in [0.5, 0.6) is 5.75 Å². The van der Waals surface area contributed by atoms with Gasteiger partial charge in [0, 0.05) is 18.0 Å². The van der Waals surface area contributed by atoms with Crippen LogP contribution in [0.25, 0.3) is 10.9 Å². The molecule has 4 N–H and O–H groups in total. The summed E-state index contributed by atoms with van der Waals surface area (Å²) in [5.74, 6) is -0.0347. The molecule has 0 saturated carbocycles. The summed E-state index contributed by atoms with van der Waals surface area (Å²) in [6, 6.07) is 5.91. The summed E-state index contributed by atoms with van der Waals surface area (Å²) >= 11 is 5.34. The fraction of sp³-hybridized carbons (Fsp3) is 0.182. The van der Waals surface area contributed by atoms with E-state index in [0.29, 0.717) is 16.5 Å². The average molecular weight is 255 g/mol. The van der Waals surface area contributed by atoms with Gasteiger partial charge in [-0.3, -0.25) is 4.79 Å². The Kier molecular flexibility index (Phi) is 3.33. The highest BCUT2D eigenvalue weighted by molar-refractivity contribution is 6.13. The minimum atomic E-state index is -0.818. The first-order valence-electron chi connectivity index (χ1n) is 5.00. The zero-order valence-corrected chi connectivity index (χ0v) is 9.53. The maximum Gasteiger partial charge on any atom is 0.248 e. The molecule has 2 aromatic rings. The number of hydrogen-bond donors (Lipinski definition) is 4. The quantitative estimate of drug-likeness (QED) is 0.616. The maximum absolute atomic E-state index is 11.2. The van der Waals surface area contributed by atoms with Crippen molar-refractivity contribution >= 4 is 22.7 Å². The molecule has 5 nitrogen and oxygen atoms in total. The van der Waals surface area contributed by atoms with E-state index in [-0.39, 0.29) is 17.9 Å². The number of aromatic nitrogens is 1. The zero-order chi connectivity index (χ0) is 12.4. The fourth-order valence-electron chi connectivity index (χ4n) is 1.73. The van der Waals surface area contributed by atoms with Crippen molar-refractivity contribution < 1.29 is 10.2 Å². The Hall–Kier alpha value is -1.56. The summed E-state index contributed by atoms with van der Waals surface area (Å²) < 4.78 is 0. The first-order chi connectivity index (χ1) is 8.13. The smallest absolute Gasteiger partial charge is 0.248 e. The highest BCUT2D eigenvalue weighted by Crippen LogP contribution is 2.28. The predicted octanol–water partition coefficient (Wildman–Crippen LogP) is 1.01. The molecule has 0 spiro atoms. The highest BCUT2D eigenvalue weighted by atomic mass is 35.5. The number of nitrogens with one attached hydrogen (secondary N) is 2. The topological polar surface area (TPSA) is 85.3 Å². The minimum Gasteiger partial charge on any atom is -0.506 e. The Bertz CT molecular complexity index is 597. The van der Waals surface area contributed by atoms with Gasteiger partial charge in [0.1, 0.15) is 5.75 Å². The van der Waals surface area contributed by atoms with Crippen molar-refractivity contribution in [3.05, 3.63) is 40.2 Å². The van der Waals surface area contributed by atoms with Gasteiger partial charge < -0.3 is 15.2 Å². The van der Waals surface area contributed by atoms with E-state index in [0.717, 1.165) is 0 Å². The zero-order valence-electron chi connectivity index (χ0n) is 8.77. The van der Waals surface area contributed by atoms with Crippen LogP contribution >= 0.6 is 11.8 Å². The Balaban J connectivity index is 2.66. The van der Waals surface area contributed by atoms with E-state index >= 15 is 0 Å². The lowest BCUT2D eigenvalue weighted by Crippen LogP contribution is -2.13. The van der Waals surface area contributed by atoms with Crippen LogP contribution in [0.1, 0.15) is 11.7 Å². The van der Waals surface area contributed by atoms with E-state index in [1.807, 2.05) is 0 Å². The van der Waals surface area contributed by atoms with Crippen LogP contribution in [0.15, 0.2) is 29.1 Å². The molecular formula is C11H11ClN2O3. The predicted molar refractivity (Wildman–Crippen MR) is 65.0 cm³/mol. The van der Waals surface area contributed by atoms with Gasteiger partial charge in [0.2, 0.25) is 5.56 Å². The molecule has 6 heteroatoms. The molecule has 0 bridgehead atoms. The number of aliphatic hydroxyl groups excluding tert-OH is 1. The highest BCUT2D eigenvalue weighted by Gasteiger charge is 2.13. The number of aliphatic hydroxyl groups is 1. The van der Waals surface area contributed by atoms with E-state index in [4.69, 9.17) is 11.8 Å². The maximum atomic E-state index is 11.2. The standard InChI is InChI=1S/C11H11ClN2O3/c12-13-5-9(16)6-1-3-8(15)11-7(6)2-4-10(17)14-11/h1-4,9,13,15-16H,5H2,(H,14,17)/t9-/m0/s1. The number of H-pyrrole nitrogens is 1. The van der Waals surface area contributed by atoms with E-state index < -0.39 is 6.10 Å². The first-order valence-corrected chi connectivity index (χ1v) is 5.37. The van der Waals surface area contributed by atoms with Gasteiger partial charge in [0.05, 0.1) is 11.6 Å². The van der Waals surface area contributed by atoms with Crippen LogP contribution in [-0.2, 0) is 0 Å². The lowest BCUT2D eigenvalue weighted by atomic mass is 10.0.